The summed E-state index contributed by atoms with van der Waals surface area (Å²) in [6.07, 6.45) is 0.112. The second-order valence-corrected chi connectivity index (χ2v) is 6.00. The number of hydrogen-bond acceptors (Lipinski definition) is 3. The van der Waals surface area contributed by atoms with E-state index in [4.69, 9.17) is 5.73 Å². The Morgan fingerprint density at radius 1 is 1.04 bits per heavy atom. The quantitative estimate of drug-likeness (QED) is 0.863. The highest BCUT2D eigenvalue weighted by Crippen LogP contribution is 2.25. The Hall–Kier alpha value is -3.15. The molecule has 1 aliphatic heterocycles. The lowest BCUT2D eigenvalue weighted by Gasteiger charge is -2.19. The van der Waals surface area contributed by atoms with Crippen molar-refractivity contribution in [3.05, 3.63) is 66.2 Å². The van der Waals surface area contributed by atoms with Crippen LogP contribution in [0.15, 0.2) is 60.7 Å². The lowest BCUT2D eigenvalue weighted by atomic mass is 10.0. The van der Waals surface area contributed by atoms with Gasteiger partial charge in [0.1, 0.15) is 6.04 Å². The van der Waals surface area contributed by atoms with Crippen LogP contribution >= 0.6 is 0 Å². The van der Waals surface area contributed by atoms with Gasteiger partial charge in [-0.15, -0.1) is 0 Å². The number of nitrogens with one attached hydrogen (secondary N) is 1. The molecule has 0 spiro atoms. The normalized spacial score (nSPS) is 18.0. The van der Waals surface area contributed by atoms with Gasteiger partial charge >= 0.3 is 0 Å². The SMILES string of the molecule is NC(=O)[C@H](NC(=O)[C@H]1CC(=O)N(c2ccccc2)C1)c1ccccc1. The molecule has 128 valence electrons. The average molecular weight is 337 g/mol. The number of rotatable bonds is 5. The van der Waals surface area contributed by atoms with Crippen molar-refractivity contribution in [2.75, 3.05) is 11.4 Å². The highest BCUT2D eigenvalue weighted by molar-refractivity contribution is 6.01. The van der Waals surface area contributed by atoms with Crippen LogP contribution in [-0.2, 0) is 14.4 Å². The van der Waals surface area contributed by atoms with E-state index in [0.717, 1.165) is 5.69 Å². The van der Waals surface area contributed by atoms with Gasteiger partial charge in [-0.3, -0.25) is 14.4 Å². The van der Waals surface area contributed by atoms with Crippen molar-refractivity contribution in [3.8, 4) is 0 Å². The molecule has 0 aromatic heterocycles. The lowest BCUT2D eigenvalue weighted by molar-refractivity contribution is -0.130. The molecule has 3 N–H and O–H groups in total. The van der Waals surface area contributed by atoms with Crippen molar-refractivity contribution in [3.63, 3.8) is 0 Å². The van der Waals surface area contributed by atoms with Crippen LogP contribution in [0.25, 0.3) is 0 Å². The molecule has 2 aromatic carbocycles. The largest absolute Gasteiger partial charge is 0.368 e. The Balaban J connectivity index is 1.71. The molecule has 6 nitrogen and oxygen atoms in total. The van der Waals surface area contributed by atoms with Crippen LogP contribution in [0.4, 0.5) is 5.69 Å². The minimum absolute atomic E-state index is 0.110. The maximum atomic E-state index is 12.6. The molecule has 0 saturated carbocycles. The molecule has 0 aliphatic carbocycles. The molecule has 0 radical (unpaired) electrons. The summed E-state index contributed by atoms with van der Waals surface area (Å²) >= 11 is 0. The van der Waals surface area contributed by atoms with Gasteiger partial charge in [-0.1, -0.05) is 48.5 Å². The Bertz CT molecular complexity index is 777. The van der Waals surface area contributed by atoms with Crippen molar-refractivity contribution >= 4 is 23.4 Å². The highest BCUT2D eigenvalue weighted by Gasteiger charge is 2.36. The Kier molecular flexibility index (Phi) is 4.79. The number of amides is 3. The van der Waals surface area contributed by atoms with Gasteiger partial charge in [0, 0.05) is 18.7 Å². The number of anilines is 1. The van der Waals surface area contributed by atoms with Crippen LogP contribution < -0.4 is 16.0 Å². The van der Waals surface area contributed by atoms with Crippen molar-refractivity contribution in [1.82, 2.24) is 5.32 Å². The molecule has 1 saturated heterocycles. The van der Waals surface area contributed by atoms with Gasteiger partial charge in [0.05, 0.1) is 5.92 Å². The number of benzene rings is 2. The van der Waals surface area contributed by atoms with Crippen molar-refractivity contribution < 1.29 is 14.4 Å². The molecular formula is C19H19N3O3. The van der Waals surface area contributed by atoms with Gasteiger partial charge in [-0.2, -0.15) is 0 Å². The Morgan fingerprint density at radius 2 is 1.64 bits per heavy atom. The van der Waals surface area contributed by atoms with E-state index in [2.05, 4.69) is 5.32 Å². The van der Waals surface area contributed by atoms with Gasteiger partial charge in [0.25, 0.3) is 0 Å². The Morgan fingerprint density at radius 3 is 2.24 bits per heavy atom. The van der Waals surface area contributed by atoms with E-state index < -0.39 is 17.9 Å². The maximum absolute atomic E-state index is 12.6. The summed E-state index contributed by atoms with van der Waals surface area (Å²) in [5.74, 6) is -1.61. The predicted octanol–water partition coefficient (Wildman–Crippen LogP) is 1.38. The molecular weight excluding hydrogens is 318 g/mol. The van der Waals surface area contributed by atoms with Crippen molar-refractivity contribution in [2.24, 2.45) is 11.7 Å². The predicted molar refractivity (Wildman–Crippen MR) is 93.4 cm³/mol. The third-order valence-corrected chi connectivity index (χ3v) is 4.27. The molecule has 25 heavy (non-hydrogen) atoms. The third-order valence-electron chi connectivity index (χ3n) is 4.27. The summed E-state index contributed by atoms with van der Waals surface area (Å²) in [5, 5.41) is 2.67. The zero-order valence-corrected chi connectivity index (χ0v) is 13.6. The number of carbonyl (C=O) groups is 3. The second-order valence-electron chi connectivity index (χ2n) is 6.00. The maximum Gasteiger partial charge on any atom is 0.244 e. The van der Waals surface area contributed by atoms with Crippen molar-refractivity contribution in [2.45, 2.75) is 12.5 Å². The molecule has 1 heterocycles. The van der Waals surface area contributed by atoms with E-state index in [1.54, 1.807) is 29.2 Å². The van der Waals surface area contributed by atoms with Crippen LogP contribution in [0.1, 0.15) is 18.0 Å². The first-order valence-electron chi connectivity index (χ1n) is 8.06. The molecule has 3 rings (SSSR count). The molecule has 1 aliphatic rings. The van der Waals surface area contributed by atoms with Crippen LogP contribution in [-0.4, -0.2) is 24.3 Å². The smallest absolute Gasteiger partial charge is 0.244 e. The van der Waals surface area contributed by atoms with Gasteiger partial charge in [0.2, 0.25) is 17.7 Å². The summed E-state index contributed by atoms with van der Waals surface area (Å²) in [6.45, 7) is 0.287. The molecule has 2 atom stereocenters. The van der Waals surface area contributed by atoms with Gasteiger partial charge in [-0.25, -0.2) is 0 Å². The number of carbonyl (C=O) groups excluding carboxylic acids is 3. The lowest BCUT2D eigenvalue weighted by Crippen LogP contribution is -2.41. The van der Waals surface area contributed by atoms with Gasteiger partial charge in [0.15, 0.2) is 0 Å². The molecule has 2 aromatic rings. The summed E-state index contributed by atoms with van der Waals surface area (Å²) in [4.78, 5) is 38.1. The standard InChI is InChI=1S/C19H19N3O3/c20-18(24)17(13-7-3-1-4-8-13)21-19(25)14-11-16(23)22(12-14)15-9-5-2-6-10-15/h1-10,14,17H,11-12H2,(H2,20,24)(H,21,25)/t14-,17+/m0/s1. The fourth-order valence-corrected chi connectivity index (χ4v) is 2.97. The van der Waals surface area contributed by atoms with Crippen LogP contribution in [0, 0.1) is 5.92 Å². The van der Waals surface area contributed by atoms with Crippen LogP contribution in [0.3, 0.4) is 0 Å². The molecule has 3 amide bonds. The average Bonchev–Trinajstić information content (AvgIpc) is 3.02. The second kappa shape index (κ2) is 7.17. The number of hydrogen-bond donors (Lipinski definition) is 2. The molecule has 0 unspecified atom stereocenters. The van der Waals surface area contributed by atoms with E-state index >= 15 is 0 Å². The number of primary amides is 1. The molecule has 0 bridgehead atoms. The van der Waals surface area contributed by atoms with E-state index in [0.29, 0.717) is 5.56 Å². The van der Waals surface area contributed by atoms with Crippen LogP contribution in [0.5, 0.6) is 0 Å². The molecule has 6 heteroatoms. The first-order chi connectivity index (χ1) is 12.1. The summed E-state index contributed by atoms with van der Waals surface area (Å²) < 4.78 is 0. The topological polar surface area (TPSA) is 92.5 Å². The van der Waals surface area contributed by atoms with E-state index in [9.17, 15) is 14.4 Å². The summed E-state index contributed by atoms with van der Waals surface area (Å²) in [7, 11) is 0. The minimum Gasteiger partial charge on any atom is -0.368 e. The van der Waals surface area contributed by atoms with Crippen molar-refractivity contribution in [1.29, 1.82) is 0 Å². The van der Waals surface area contributed by atoms with Gasteiger partial charge < -0.3 is 16.0 Å². The number of nitrogens with zero attached hydrogens (tertiary/aromatic N) is 1. The molecule has 1 fully saturated rings. The number of para-hydroxylation sites is 1. The van der Waals surface area contributed by atoms with Crippen LogP contribution in [0.2, 0.25) is 0 Å². The highest BCUT2D eigenvalue weighted by atomic mass is 16.2. The zero-order valence-electron chi connectivity index (χ0n) is 13.6. The Labute approximate surface area is 145 Å². The fraction of sp³-hybridized carbons (Fsp3) is 0.211. The fourth-order valence-electron chi connectivity index (χ4n) is 2.97. The van der Waals surface area contributed by atoms with Gasteiger partial charge in [-0.05, 0) is 17.7 Å². The first-order valence-corrected chi connectivity index (χ1v) is 8.06. The zero-order chi connectivity index (χ0) is 17.8. The van der Waals surface area contributed by atoms with E-state index in [1.165, 1.54) is 0 Å². The summed E-state index contributed by atoms with van der Waals surface area (Å²) in [5.41, 5.74) is 6.81. The number of nitrogens with two attached hydrogens (primary N) is 1. The third kappa shape index (κ3) is 3.68. The minimum atomic E-state index is -0.908. The van der Waals surface area contributed by atoms with E-state index in [-0.39, 0.29) is 24.8 Å². The first kappa shape index (κ1) is 16.7. The summed E-state index contributed by atoms with van der Waals surface area (Å²) in [6, 6.07) is 17.1. The van der Waals surface area contributed by atoms with E-state index in [1.807, 2.05) is 36.4 Å². The monoisotopic (exact) mass is 337 g/mol.